The van der Waals surface area contributed by atoms with Gasteiger partial charge in [-0.2, -0.15) is 0 Å². The summed E-state index contributed by atoms with van der Waals surface area (Å²) in [6, 6.07) is 20.0. The zero-order chi connectivity index (χ0) is 31.3. The third kappa shape index (κ3) is 5.50. The number of sulfonamides is 1. The third-order valence-electron chi connectivity index (χ3n) is 7.32. The minimum Gasteiger partial charge on any atom is -0.496 e. The molecule has 0 saturated heterocycles. The van der Waals surface area contributed by atoms with E-state index in [2.05, 4.69) is 27.6 Å². The Labute approximate surface area is 265 Å². The van der Waals surface area contributed by atoms with Crippen molar-refractivity contribution in [2.24, 2.45) is 5.73 Å². The monoisotopic (exact) mass is 725 g/mol. The van der Waals surface area contributed by atoms with Crippen molar-refractivity contribution in [2.45, 2.75) is 6.42 Å². The lowest BCUT2D eigenvalue weighted by Gasteiger charge is -2.21. The quantitative estimate of drug-likeness (QED) is 0.172. The van der Waals surface area contributed by atoms with Gasteiger partial charge < -0.3 is 19.3 Å². The number of amides is 1. The van der Waals surface area contributed by atoms with Gasteiger partial charge in [0, 0.05) is 27.6 Å². The van der Waals surface area contributed by atoms with E-state index in [1.165, 1.54) is 31.3 Å². The summed E-state index contributed by atoms with van der Waals surface area (Å²) >= 11 is 2.21. The van der Waals surface area contributed by atoms with E-state index < -0.39 is 21.7 Å². The van der Waals surface area contributed by atoms with Gasteiger partial charge in [-0.1, -0.05) is 6.07 Å². The van der Waals surface area contributed by atoms with Crippen LogP contribution in [0.4, 0.5) is 10.1 Å². The van der Waals surface area contributed by atoms with Crippen molar-refractivity contribution in [3.05, 3.63) is 98.9 Å². The fraction of sp³-hybridized carbons (Fsp3) is 0.125. The van der Waals surface area contributed by atoms with E-state index in [9.17, 15) is 17.6 Å². The first kappa shape index (κ1) is 29.6. The molecule has 0 bridgehead atoms. The molecule has 0 radical (unpaired) electrons. The number of nitrogens with two attached hydrogens (primary N) is 1. The van der Waals surface area contributed by atoms with Crippen LogP contribution in [-0.2, 0) is 16.4 Å². The Bertz CT molecular complexity index is 2190. The topological polar surface area (TPSA) is 129 Å². The van der Waals surface area contributed by atoms with Crippen molar-refractivity contribution in [2.75, 3.05) is 24.7 Å². The van der Waals surface area contributed by atoms with Gasteiger partial charge in [-0.25, -0.2) is 17.8 Å². The number of hydrogen-bond donors (Lipinski definition) is 1. The zero-order valence-electron chi connectivity index (χ0n) is 23.7. The number of primary amides is 1. The van der Waals surface area contributed by atoms with Crippen LogP contribution in [0.15, 0.2) is 81.6 Å². The van der Waals surface area contributed by atoms with Crippen LogP contribution in [0.3, 0.4) is 0 Å². The Balaban J connectivity index is 1.52. The van der Waals surface area contributed by atoms with Gasteiger partial charge in [0.15, 0.2) is 5.58 Å². The van der Waals surface area contributed by atoms with Gasteiger partial charge >= 0.3 is 0 Å². The zero-order valence-corrected chi connectivity index (χ0v) is 26.7. The number of carbonyl (C=O) groups excluding carboxylic acids is 1. The summed E-state index contributed by atoms with van der Waals surface area (Å²) in [4.78, 5) is 17.3. The molecule has 0 atom stereocenters. The lowest BCUT2D eigenvalue weighted by molar-refractivity contribution is 0.100. The molecule has 9 nitrogen and oxygen atoms in total. The van der Waals surface area contributed by atoms with Crippen molar-refractivity contribution < 1.29 is 31.2 Å². The molecule has 0 saturated carbocycles. The number of anilines is 1. The van der Waals surface area contributed by atoms with Crippen LogP contribution >= 0.6 is 22.6 Å². The van der Waals surface area contributed by atoms with Gasteiger partial charge in [0.25, 0.3) is 5.91 Å². The molecule has 0 aliphatic carbocycles. The average Bonchev–Trinajstić information content (AvgIpc) is 3.57. The molecule has 1 amide bonds. The molecule has 2 aromatic heterocycles. The first-order chi connectivity index (χ1) is 20.9. The van der Waals surface area contributed by atoms with E-state index in [-0.39, 0.29) is 23.3 Å². The summed E-state index contributed by atoms with van der Waals surface area (Å²) in [5.41, 5.74) is 10.3. The van der Waals surface area contributed by atoms with Crippen molar-refractivity contribution in [1.82, 2.24) is 4.98 Å². The Morgan fingerprint density at radius 3 is 2.45 bits per heavy atom. The Kier molecular flexibility index (Phi) is 7.58. The van der Waals surface area contributed by atoms with Crippen molar-refractivity contribution in [3.8, 4) is 28.5 Å². The predicted molar refractivity (Wildman–Crippen MR) is 175 cm³/mol. The van der Waals surface area contributed by atoms with Gasteiger partial charge in [-0.15, -0.1) is 0 Å². The van der Waals surface area contributed by atoms with Crippen molar-refractivity contribution in [3.63, 3.8) is 0 Å². The number of hydrogen-bond acceptors (Lipinski definition) is 7. The summed E-state index contributed by atoms with van der Waals surface area (Å²) in [5, 5.41) is 0.403. The molecule has 224 valence electrons. The van der Waals surface area contributed by atoms with Crippen LogP contribution in [-0.4, -0.2) is 39.7 Å². The molecule has 44 heavy (non-hydrogen) atoms. The molecule has 0 unspecified atom stereocenters. The Morgan fingerprint density at radius 1 is 1.02 bits per heavy atom. The molecule has 2 N–H and O–H groups in total. The third-order valence-corrected chi connectivity index (χ3v) is 9.18. The first-order valence-corrected chi connectivity index (χ1v) is 16.2. The van der Waals surface area contributed by atoms with Crippen molar-refractivity contribution in [1.29, 1.82) is 0 Å². The van der Waals surface area contributed by atoms with Crippen LogP contribution < -0.4 is 14.8 Å². The molecule has 0 spiro atoms. The molecule has 6 rings (SSSR count). The molecule has 6 aromatic rings. The van der Waals surface area contributed by atoms with E-state index >= 15 is 0 Å². The van der Waals surface area contributed by atoms with Crippen LogP contribution in [0.1, 0.15) is 21.5 Å². The second-order valence-electron chi connectivity index (χ2n) is 10.2. The van der Waals surface area contributed by atoms with Crippen LogP contribution in [0, 0.1) is 9.39 Å². The summed E-state index contributed by atoms with van der Waals surface area (Å²) in [5.74, 6) is -0.102. The van der Waals surface area contributed by atoms with E-state index in [0.717, 1.165) is 19.7 Å². The highest BCUT2D eigenvalue weighted by atomic mass is 127. The first-order valence-electron chi connectivity index (χ1n) is 13.3. The number of fused-ring (bicyclic) bond motifs is 2. The van der Waals surface area contributed by atoms with Gasteiger partial charge in [0.05, 0.1) is 30.2 Å². The molecule has 2 heterocycles. The minimum atomic E-state index is -3.68. The number of furan rings is 1. The highest BCUT2D eigenvalue weighted by Gasteiger charge is 2.25. The maximum Gasteiger partial charge on any atom is 0.253 e. The summed E-state index contributed by atoms with van der Waals surface area (Å²) in [6.07, 6.45) is 1.36. The predicted octanol–water partition coefficient (Wildman–Crippen LogP) is 6.75. The number of benzene rings is 4. The Hall–Kier alpha value is -4.43. The summed E-state index contributed by atoms with van der Waals surface area (Å²) < 4.78 is 58.9. The summed E-state index contributed by atoms with van der Waals surface area (Å²) in [7, 11) is -0.685. The maximum absolute atomic E-state index is 13.6. The van der Waals surface area contributed by atoms with Crippen LogP contribution in [0.25, 0.3) is 44.8 Å². The van der Waals surface area contributed by atoms with Gasteiger partial charge in [-0.05, 0) is 101 Å². The number of nitrogens with zero attached hydrogens (tertiary/aromatic N) is 2. The maximum atomic E-state index is 13.6. The van der Waals surface area contributed by atoms with E-state index in [0.29, 0.717) is 50.5 Å². The van der Waals surface area contributed by atoms with Gasteiger partial charge in [0.2, 0.25) is 15.9 Å². The lowest BCUT2D eigenvalue weighted by Crippen LogP contribution is -2.26. The molecule has 12 heteroatoms. The second kappa shape index (κ2) is 11.2. The van der Waals surface area contributed by atoms with E-state index in [1.807, 2.05) is 30.3 Å². The van der Waals surface area contributed by atoms with Gasteiger partial charge in [0.1, 0.15) is 28.4 Å². The number of ether oxygens (including phenoxy) is 1. The standard InChI is InChI=1S/C32H25FIN3O6S/c1-37(44(3,39)40)25-16-27-22(29(31(35)38)30(42-27)18-5-7-20(33)8-6-18)14-19(25)12-17-4-11-26(41-2)23(13-17)32-36-24-10-9-21(34)15-28(24)43-32/h4-11,13-16H,12H2,1-3H3,(H2,35,38). The summed E-state index contributed by atoms with van der Waals surface area (Å²) in [6.45, 7) is 0. The Morgan fingerprint density at radius 2 is 1.77 bits per heavy atom. The normalized spacial score (nSPS) is 11.8. The van der Waals surface area contributed by atoms with E-state index in [1.54, 1.807) is 25.3 Å². The molecular formula is C32H25FIN3O6S. The SMILES string of the molecule is COc1ccc(Cc2cc3c(C(N)=O)c(-c4ccc(F)cc4)oc3cc2N(C)S(C)(=O)=O)cc1-c1nc2ccc(I)cc2o1. The highest BCUT2D eigenvalue weighted by molar-refractivity contribution is 14.1. The van der Waals surface area contributed by atoms with E-state index in [4.69, 9.17) is 19.3 Å². The molecule has 0 fully saturated rings. The van der Waals surface area contributed by atoms with Gasteiger partial charge in [-0.3, -0.25) is 9.10 Å². The fourth-order valence-electron chi connectivity index (χ4n) is 5.11. The minimum absolute atomic E-state index is 0.109. The number of halogens is 2. The molecular weight excluding hydrogens is 700 g/mol. The molecule has 4 aromatic carbocycles. The number of aromatic nitrogens is 1. The number of methoxy groups -OCH3 is 1. The molecule has 0 aliphatic rings. The highest BCUT2D eigenvalue weighted by Crippen LogP contribution is 2.39. The number of rotatable bonds is 8. The fourth-order valence-corrected chi connectivity index (χ4v) is 6.10. The van der Waals surface area contributed by atoms with Crippen LogP contribution in [0.2, 0.25) is 0 Å². The second-order valence-corrected chi connectivity index (χ2v) is 13.5. The average molecular weight is 726 g/mol. The van der Waals surface area contributed by atoms with Crippen LogP contribution in [0.5, 0.6) is 5.75 Å². The number of oxazole rings is 1. The smallest absolute Gasteiger partial charge is 0.253 e. The largest absolute Gasteiger partial charge is 0.496 e. The van der Waals surface area contributed by atoms with Crippen molar-refractivity contribution >= 4 is 66.3 Å². The molecule has 0 aliphatic heterocycles. The number of carbonyl (C=O) groups is 1. The lowest BCUT2D eigenvalue weighted by atomic mass is 9.97.